The summed E-state index contributed by atoms with van der Waals surface area (Å²) in [6.07, 6.45) is 5.13. The number of hydrogen-bond donors (Lipinski definition) is 0. The molecular formula is C16H19NO3. The Bertz CT molecular complexity index is 587. The molecular weight excluding hydrogens is 254 g/mol. The van der Waals surface area contributed by atoms with Crippen molar-refractivity contribution in [3.8, 4) is 22.8 Å². The van der Waals surface area contributed by atoms with E-state index in [1.807, 2.05) is 25.1 Å². The number of oxazole rings is 1. The van der Waals surface area contributed by atoms with Gasteiger partial charge in [-0.2, -0.15) is 0 Å². The van der Waals surface area contributed by atoms with Gasteiger partial charge in [-0.05, 0) is 50.3 Å². The summed E-state index contributed by atoms with van der Waals surface area (Å²) in [5, 5.41) is 0. The van der Waals surface area contributed by atoms with Gasteiger partial charge in [-0.1, -0.05) is 0 Å². The second-order valence-electron chi connectivity index (χ2n) is 5.07. The van der Waals surface area contributed by atoms with Crippen molar-refractivity contribution in [2.75, 3.05) is 13.7 Å². The Hall–Kier alpha value is -1.97. The van der Waals surface area contributed by atoms with E-state index in [0.29, 0.717) is 6.61 Å². The minimum absolute atomic E-state index is 0.616. The zero-order valence-electron chi connectivity index (χ0n) is 11.9. The molecule has 2 aromatic rings. The highest BCUT2D eigenvalue weighted by Gasteiger charge is 2.25. The van der Waals surface area contributed by atoms with Gasteiger partial charge in [-0.3, -0.25) is 0 Å². The molecule has 1 fully saturated rings. The Morgan fingerprint density at radius 1 is 1.30 bits per heavy atom. The molecule has 4 nitrogen and oxygen atoms in total. The summed E-state index contributed by atoms with van der Waals surface area (Å²) in [6.45, 7) is 2.57. The summed E-state index contributed by atoms with van der Waals surface area (Å²) < 4.78 is 16.5. The fourth-order valence-corrected chi connectivity index (χ4v) is 2.33. The number of benzene rings is 1. The van der Waals surface area contributed by atoms with Crippen LogP contribution in [0.2, 0.25) is 0 Å². The predicted octanol–water partition coefficient (Wildman–Crippen LogP) is 3.70. The van der Waals surface area contributed by atoms with E-state index in [1.54, 1.807) is 7.11 Å². The molecule has 4 heteroatoms. The van der Waals surface area contributed by atoms with E-state index in [4.69, 9.17) is 13.9 Å². The van der Waals surface area contributed by atoms with Crippen LogP contribution in [0.15, 0.2) is 29.0 Å². The highest BCUT2D eigenvalue weighted by Crippen LogP contribution is 2.37. The van der Waals surface area contributed by atoms with Crippen LogP contribution in [-0.2, 0) is 6.42 Å². The van der Waals surface area contributed by atoms with Gasteiger partial charge in [0.25, 0.3) is 0 Å². The molecule has 1 aliphatic rings. The van der Waals surface area contributed by atoms with Crippen LogP contribution in [0.3, 0.4) is 0 Å². The Balaban J connectivity index is 1.91. The third-order valence-electron chi connectivity index (χ3n) is 3.55. The summed E-state index contributed by atoms with van der Waals surface area (Å²) in [4.78, 5) is 4.35. The molecule has 0 spiro atoms. The molecule has 0 aliphatic heterocycles. The molecule has 1 heterocycles. The minimum Gasteiger partial charge on any atom is -0.493 e. The van der Waals surface area contributed by atoms with Gasteiger partial charge in [0.05, 0.1) is 19.4 Å². The lowest BCUT2D eigenvalue weighted by molar-refractivity contribution is 0.311. The molecule has 3 rings (SSSR count). The minimum atomic E-state index is 0.616. The van der Waals surface area contributed by atoms with Crippen LogP contribution in [0.1, 0.15) is 25.5 Å². The SMILES string of the molecule is CCOc1ccc(-c2ocnc2CC2CC2)cc1OC. The lowest BCUT2D eigenvalue weighted by atomic mass is 10.1. The summed E-state index contributed by atoms with van der Waals surface area (Å²) in [5.74, 6) is 3.10. The zero-order valence-corrected chi connectivity index (χ0v) is 11.9. The Morgan fingerprint density at radius 3 is 2.85 bits per heavy atom. The maximum atomic E-state index is 5.57. The van der Waals surface area contributed by atoms with Gasteiger partial charge in [-0.25, -0.2) is 4.98 Å². The average molecular weight is 273 g/mol. The molecule has 106 valence electrons. The van der Waals surface area contributed by atoms with Crippen molar-refractivity contribution in [1.82, 2.24) is 4.98 Å². The van der Waals surface area contributed by atoms with Gasteiger partial charge in [0, 0.05) is 5.56 Å². The molecule has 0 saturated heterocycles. The van der Waals surface area contributed by atoms with E-state index in [9.17, 15) is 0 Å². The molecule has 0 bridgehead atoms. The lowest BCUT2D eigenvalue weighted by Gasteiger charge is -2.10. The summed E-state index contributed by atoms with van der Waals surface area (Å²) in [5.41, 5.74) is 2.03. The van der Waals surface area contributed by atoms with Crippen LogP contribution in [0.5, 0.6) is 11.5 Å². The smallest absolute Gasteiger partial charge is 0.181 e. The second-order valence-corrected chi connectivity index (χ2v) is 5.07. The van der Waals surface area contributed by atoms with Crippen molar-refractivity contribution in [3.63, 3.8) is 0 Å². The number of aromatic nitrogens is 1. The number of hydrogen-bond acceptors (Lipinski definition) is 4. The Kier molecular flexibility index (Phi) is 3.63. The first-order chi connectivity index (χ1) is 9.81. The van der Waals surface area contributed by atoms with Crippen molar-refractivity contribution in [3.05, 3.63) is 30.3 Å². The second kappa shape index (κ2) is 5.57. The van der Waals surface area contributed by atoms with Crippen molar-refractivity contribution in [1.29, 1.82) is 0 Å². The summed E-state index contributed by atoms with van der Waals surface area (Å²) in [7, 11) is 1.65. The van der Waals surface area contributed by atoms with Gasteiger partial charge >= 0.3 is 0 Å². The van der Waals surface area contributed by atoms with Crippen molar-refractivity contribution < 1.29 is 13.9 Å². The molecule has 0 N–H and O–H groups in total. The standard InChI is InChI=1S/C16H19NO3/c1-3-19-14-7-6-12(9-15(14)18-2)16-13(17-10-20-16)8-11-4-5-11/h6-7,9-11H,3-5,8H2,1-2H3. The molecule has 20 heavy (non-hydrogen) atoms. The number of rotatable bonds is 6. The van der Waals surface area contributed by atoms with Gasteiger partial charge in [-0.15, -0.1) is 0 Å². The first-order valence-corrected chi connectivity index (χ1v) is 7.05. The molecule has 0 radical (unpaired) electrons. The number of nitrogens with zero attached hydrogens (tertiary/aromatic N) is 1. The number of methoxy groups -OCH3 is 1. The third kappa shape index (κ3) is 2.64. The van der Waals surface area contributed by atoms with E-state index in [-0.39, 0.29) is 0 Å². The van der Waals surface area contributed by atoms with E-state index < -0.39 is 0 Å². The van der Waals surface area contributed by atoms with Crippen LogP contribution in [0.4, 0.5) is 0 Å². The quantitative estimate of drug-likeness (QED) is 0.805. The lowest BCUT2D eigenvalue weighted by Crippen LogP contribution is -1.96. The molecule has 0 amide bonds. The van der Waals surface area contributed by atoms with Crippen LogP contribution in [0.25, 0.3) is 11.3 Å². The van der Waals surface area contributed by atoms with Crippen LogP contribution >= 0.6 is 0 Å². The molecule has 0 unspecified atom stereocenters. The Labute approximate surface area is 118 Å². The maximum absolute atomic E-state index is 5.57. The van der Waals surface area contributed by atoms with Crippen LogP contribution in [0, 0.1) is 5.92 Å². The van der Waals surface area contributed by atoms with Gasteiger partial charge in [0.15, 0.2) is 23.7 Å². The van der Waals surface area contributed by atoms with Crippen molar-refractivity contribution >= 4 is 0 Å². The van der Waals surface area contributed by atoms with Gasteiger partial charge < -0.3 is 13.9 Å². The fraction of sp³-hybridized carbons (Fsp3) is 0.438. The van der Waals surface area contributed by atoms with E-state index >= 15 is 0 Å². The molecule has 1 aromatic heterocycles. The average Bonchev–Trinajstić information content (AvgIpc) is 3.16. The summed E-state index contributed by atoms with van der Waals surface area (Å²) >= 11 is 0. The normalized spacial score (nSPS) is 14.3. The largest absolute Gasteiger partial charge is 0.493 e. The topological polar surface area (TPSA) is 44.5 Å². The number of ether oxygens (including phenoxy) is 2. The van der Waals surface area contributed by atoms with Crippen molar-refractivity contribution in [2.45, 2.75) is 26.2 Å². The molecule has 1 saturated carbocycles. The highest BCUT2D eigenvalue weighted by atomic mass is 16.5. The van der Waals surface area contributed by atoms with Gasteiger partial charge in [0.2, 0.25) is 0 Å². The predicted molar refractivity (Wildman–Crippen MR) is 76.1 cm³/mol. The molecule has 1 aromatic carbocycles. The van der Waals surface area contributed by atoms with Gasteiger partial charge in [0.1, 0.15) is 0 Å². The maximum Gasteiger partial charge on any atom is 0.181 e. The fourth-order valence-electron chi connectivity index (χ4n) is 2.33. The van der Waals surface area contributed by atoms with E-state index in [2.05, 4.69) is 4.98 Å². The molecule has 0 atom stereocenters. The summed E-state index contributed by atoms with van der Waals surface area (Å²) in [6, 6.07) is 5.85. The monoisotopic (exact) mass is 273 g/mol. The van der Waals surface area contributed by atoms with E-state index in [1.165, 1.54) is 19.2 Å². The van der Waals surface area contributed by atoms with Crippen LogP contribution < -0.4 is 9.47 Å². The highest BCUT2D eigenvalue weighted by molar-refractivity contribution is 5.64. The Morgan fingerprint density at radius 2 is 2.15 bits per heavy atom. The zero-order chi connectivity index (χ0) is 13.9. The van der Waals surface area contributed by atoms with Crippen molar-refractivity contribution in [2.24, 2.45) is 5.92 Å². The van der Waals surface area contributed by atoms with Crippen LogP contribution in [-0.4, -0.2) is 18.7 Å². The van der Waals surface area contributed by atoms with E-state index in [0.717, 1.165) is 40.9 Å². The first-order valence-electron chi connectivity index (χ1n) is 7.05. The third-order valence-corrected chi connectivity index (χ3v) is 3.55. The molecule has 1 aliphatic carbocycles. The first kappa shape index (κ1) is 13.0.